The molecule has 236 valence electrons. The quantitative estimate of drug-likeness (QED) is 0.197. The molecule has 8 heteroatoms. The van der Waals surface area contributed by atoms with Crippen molar-refractivity contribution >= 4 is 12.0 Å². The zero-order valence-corrected chi connectivity index (χ0v) is 25.9. The average molecular weight is 603 g/mol. The zero-order chi connectivity index (χ0) is 31.7. The summed E-state index contributed by atoms with van der Waals surface area (Å²) < 4.78 is 5.49. The van der Waals surface area contributed by atoms with E-state index >= 15 is 0 Å². The maximum absolute atomic E-state index is 13.9. The van der Waals surface area contributed by atoms with Crippen LogP contribution in [-0.4, -0.2) is 57.8 Å². The highest BCUT2D eigenvalue weighted by Crippen LogP contribution is 2.32. The summed E-state index contributed by atoms with van der Waals surface area (Å²) >= 11 is 0. The van der Waals surface area contributed by atoms with Crippen molar-refractivity contribution in [2.24, 2.45) is 5.92 Å². The first-order valence-electron chi connectivity index (χ1n) is 15.5. The molecule has 3 aromatic rings. The predicted octanol–water partition coefficient (Wildman–Crippen LogP) is 4.43. The standard InChI is InChI=1S/C36H46N2O6/c1-36(2,3)44-35(43)37-30(21-25-10-5-4-6-11-25)31(40)23-28(20-26-17-15-24(16-18-26)12-9-19-39)34(42)38-33-29-14-8-7-13-27(29)22-32(33)41/h4-8,10-11,13-18,28,30-33,39-41H,9,12,19-23H2,1-3H3,(H,37,43)(H,38,42)/t28?,30?,31?,32-,33-/m0/s1. The van der Waals surface area contributed by atoms with Gasteiger partial charge in [0, 0.05) is 18.9 Å². The van der Waals surface area contributed by atoms with E-state index in [-0.39, 0.29) is 18.9 Å². The van der Waals surface area contributed by atoms with Gasteiger partial charge in [0.05, 0.1) is 24.3 Å². The van der Waals surface area contributed by atoms with Gasteiger partial charge in [0.25, 0.3) is 0 Å². The van der Waals surface area contributed by atoms with Crippen molar-refractivity contribution in [1.82, 2.24) is 10.6 Å². The second-order valence-corrected chi connectivity index (χ2v) is 12.7. The summed E-state index contributed by atoms with van der Waals surface area (Å²) in [7, 11) is 0. The molecular weight excluding hydrogens is 556 g/mol. The number of hydrogen-bond acceptors (Lipinski definition) is 6. The maximum Gasteiger partial charge on any atom is 0.407 e. The number of amides is 2. The molecule has 1 aliphatic carbocycles. The molecule has 0 heterocycles. The number of ether oxygens (including phenoxy) is 1. The largest absolute Gasteiger partial charge is 0.444 e. The van der Waals surface area contributed by atoms with Gasteiger partial charge in [-0.25, -0.2) is 4.79 Å². The zero-order valence-electron chi connectivity index (χ0n) is 25.9. The van der Waals surface area contributed by atoms with Crippen LogP contribution in [0, 0.1) is 5.92 Å². The molecule has 0 saturated carbocycles. The Morgan fingerprint density at radius 1 is 0.909 bits per heavy atom. The monoisotopic (exact) mass is 602 g/mol. The predicted molar refractivity (Wildman–Crippen MR) is 170 cm³/mol. The third-order valence-corrected chi connectivity index (χ3v) is 7.99. The number of aliphatic hydroxyl groups is 3. The normalized spacial score (nSPS) is 18.1. The minimum Gasteiger partial charge on any atom is -0.444 e. The third-order valence-electron chi connectivity index (χ3n) is 7.99. The van der Waals surface area contributed by atoms with Gasteiger partial charge in [-0.2, -0.15) is 0 Å². The maximum atomic E-state index is 13.9. The van der Waals surface area contributed by atoms with E-state index in [1.807, 2.05) is 78.9 Å². The topological polar surface area (TPSA) is 128 Å². The van der Waals surface area contributed by atoms with E-state index in [1.54, 1.807) is 20.8 Å². The fourth-order valence-corrected chi connectivity index (χ4v) is 5.78. The van der Waals surface area contributed by atoms with E-state index in [4.69, 9.17) is 4.74 Å². The molecule has 0 radical (unpaired) electrons. The van der Waals surface area contributed by atoms with Gasteiger partial charge in [-0.3, -0.25) is 4.79 Å². The molecule has 0 fully saturated rings. The van der Waals surface area contributed by atoms with E-state index in [0.717, 1.165) is 34.2 Å². The molecule has 44 heavy (non-hydrogen) atoms. The van der Waals surface area contributed by atoms with E-state index in [2.05, 4.69) is 10.6 Å². The Morgan fingerprint density at radius 3 is 2.23 bits per heavy atom. The number of benzene rings is 3. The minimum absolute atomic E-state index is 0.0792. The Kier molecular flexibility index (Phi) is 11.6. The van der Waals surface area contributed by atoms with Gasteiger partial charge in [0.2, 0.25) is 5.91 Å². The number of carbonyl (C=O) groups excluding carboxylic acids is 2. The average Bonchev–Trinajstić information content (AvgIpc) is 3.30. The summed E-state index contributed by atoms with van der Waals surface area (Å²) in [6.07, 6.45) is 0.240. The molecule has 0 bridgehead atoms. The fraction of sp³-hybridized carbons (Fsp3) is 0.444. The summed E-state index contributed by atoms with van der Waals surface area (Å²) in [5.74, 6) is -0.920. The lowest BCUT2D eigenvalue weighted by atomic mass is 9.88. The van der Waals surface area contributed by atoms with Crippen LogP contribution < -0.4 is 10.6 Å². The summed E-state index contributed by atoms with van der Waals surface area (Å²) in [6.45, 7) is 5.46. The molecule has 0 aromatic heterocycles. The number of aliphatic hydroxyl groups excluding tert-OH is 3. The summed E-state index contributed by atoms with van der Waals surface area (Å²) in [6, 6.07) is 23.9. The molecule has 3 unspecified atom stereocenters. The van der Waals surface area contributed by atoms with Crippen molar-refractivity contribution in [2.75, 3.05) is 6.61 Å². The van der Waals surface area contributed by atoms with Crippen molar-refractivity contribution in [2.45, 2.75) is 89.2 Å². The van der Waals surface area contributed by atoms with Gasteiger partial charge in [-0.05, 0) is 80.7 Å². The van der Waals surface area contributed by atoms with Crippen LogP contribution in [-0.2, 0) is 35.2 Å². The highest BCUT2D eigenvalue weighted by atomic mass is 16.6. The van der Waals surface area contributed by atoms with E-state index in [9.17, 15) is 24.9 Å². The Bertz CT molecular complexity index is 1360. The molecule has 5 N–H and O–H groups in total. The highest BCUT2D eigenvalue weighted by Gasteiger charge is 2.35. The van der Waals surface area contributed by atoms with Gasteiger partial charge >= 0.3 is 6.09 Å². The van der Waals surface area contributed by atoms with Crippen molar-refractivity contribution in [3.05, 3.63) is 107 Å². The summed E-state index contributed by atoms with van der Waals surface area (Å²) in [5, 5.41) is 37.5. The number of alkyl carbamates (subject to hydrolysis) is 1. The molecule has 0 spiro atoms. The third kappa shape index (κ3) is 9.64. The van der Waals surface area contributed by atoms with Crippen LogP contribution in [0.15, 0.2) is 78.9 Å². The van der Waals surface area contributed by atoms with Gasteiger partial charge in [0.1, 0.15) is 5.60 Å². The lowest BCUT2D eigenvalue weighted by Crippen LogP contribution is -2.48. The number of carbonyl (C=O) groups is 2. The van der Waals surface area contributed by atoms with Crippen LogP contribution in [0.1, 0.15) is 67.5 Å². The first kappa shape index (κ1) is 33.2. The van der Waals surface area contributed by atoms with Gasteiger partial charge in [0.15, 0.2) is 0 Å². The van der Waals surface area contributed by atoms with Crippen LogP contribution in [0.3, 0.4) is 0 Å². The van der Waals surface area contributed by atoms with Gasteiger partial charge in [-0.15, -0.1) is 0 Å². The molecular formula is C36H46N2O6. The van der Waals surface area contributed by atoms with E-state index < -0.39 is 41.9 Å². The number of aryl methyl sites for hydroxylation is 1. The molecule has 8 nitrogen and oxygen atoms in total. The molecule has 0 aliphatic heterocycles. The minimum atomic E-state index is -1.07. The Hall–Kier alpha value is -3.72. The molecule has 1 aliphatic rings. The van der Waals surface area contributed by atoms with Gasteiger partial charge in [-0.1, -0.05) is 78.9 Å². The molecule has 0 saturated heterocycles. The van der Waals surface area contributed by atoms with Crippen LogP contribution >= 0.6 is 0 Å². The summed E-state index contributed by atoms with van der Waals surface area (Å²) in [4.78, 5) is 26.7. The highest BCUT2D eigenvalue weighted by molar-refractivity contribution is 5.80. The number of rotatable bonds is 13. The molecule has 3 aromatic carbocycles. The molecule has 5 atom stereocenters. The van der Waals surface area contributed by atoms with E-state index in [1.165, 1.54) is 0 Å². The Morgan fingerprint density at radius 2 is 1.55 bits per heavy atom. The first-order valence-corrected chi connectivity index (χ1v) is 15.5. The smallest absolute Gasteiger partial charge is 0.407 e. The van der Waals surface area contributed by atoms with Crippen LogP contribution in [0.25, 0.3) is 0 Å². The molecule has 2 amide bonds. The van der Waals surface area contributed by atoms with E-state index in [0.29, 0.717) is 25.7 Å². The lowest BCUT2D eigenvalue weighted by molar-refractivity contribution is -0.127. The van der Waals surface area contributed by atoms with Crippen molar-refractivity contribution in [1.29, 1.82) is 0 Å². The Labute approximate surface area is 260 Å². The first-order chi connectivity index (χ1) is 21.0. The van der Waals surface area contributed by atoms with Crippen molar-refractivity contribution < 1.29 is 29.6 Å². The SMILES string of the molecule is CC(C)(C)OC(=O)NC(Cc1ccccc1)C(O)CC(Cc1ccc(CCCO)cc1)C(=O)N[C@H]1c2ccccc2C[C@@H]1O. The van der Waals surface area contributed by atoms with Crippen molar-refractivity contribution in [3.8, 4) is 0 Å². The Balaban J connectivity index is 1.56. The summed E-state index contributed by atoms with van der Waals surface area (Å²) in [5.41, 5.74) is 4.14. The van der Waals surface area contributed by atoms with Crippen LogP contribution in [0.5, 0.6) is 0 Å². The number of hydrogen-bond donors (Lipinski definition) is 5. The number of nitrogens with one attached hydrogen (secondary N) is 2. The second-order valence-electron chi connectivity index (χ2n) is 12.7. The van der Waals surface area contributed by atoms with Crippen LogP contribution in [0.2, 0.25) is 0 Å². The second kappa shape index (κ2) is 15.3. The van der Waals surface area contributed by atoms with Gasteiger partial charge < -0.3 is 30.7 Å². The molecule has 4 rings (SSSR count). The van der Waals surface area contributed by atoms with Crippen molar-refractivity contribution in [3.63, 3.8) is 0 Å². The lowest BCUT2D eigenvalue weighted by Gasteiger charge is -2.30. The van der Waals surface area contributed by atoms with Crippen LogP contribution in [0.4, 0.5) is 4.79 Å². The fourth-order valence-electron chi connectivity index (χ4n) is 5.78. The number of fused-ring (bicyclic) bond motifs is 1.